The Morgan fingerprint density at radius 2 is 2.06 bits per heavy atom. The molecule has 0 spiro atoms. The maximum absolute atomic E-state index is 6.19. The third-order valence-electron chi connectivity index (χ3n) is 3.89. The predicted octanol–water partition coefficient (Wildman–Crippen LogP) is 3.04. The Hall–Kier alpha value is -0.770. The maximum Gasteiger partial charge on any atom is 0.0637 e. The molecule has 0 amide bonds. The topological polar surface area (TPSA) is 47.3 Å². The summed E-state index contributed by atoms with van der Waals surface area (Å²) < 4.78 is 5.41. The molecule has 1 saturated carbocycles. The lowest BCUT2D eigenvalue weighted by atomic mass is 9.80. The van der Waals surface area contributed by atoms with Crippen molar-refractivity contribution in [1.29, 1.82) is 0 Å². The molecule has 0 saturated heterocycles. The van der Waals surface area contributed by atoms with Crippen molar-refractivity contribution in [2.45, 2.75) is 37.3 Å². The van der Waals surface area contributed by atoms with E-state index in [1.165, 1.54) is 0 Å². The van der Waals surface area contributed by atoms with Crippen LogP contribution in [0.1, 0.15) is 25.7 Å². The summed E-state index contributed by atoms with van der Waals surface area (Å²) in [7, 11) is 1.78. The third-order valence-corrected chi connectivity index (χ3v) is 4.22. The van der Waals surface area contributed by atoms with E-state index in [1.54, 1.807) is 7.11 Å². The van der Waals surface area contributed by atoms with Gasteiger partial charge in [-0.25, -0.2) is 0 Å². The van der Waals surface area contributed by atoms with Gasteiger partial charge in [0.2, 0.25) is 0 Å². The van der Waals surface area contributed by atoms with Gasteiger partial charge >= 0.3 is 0 Å². The molecule has 1 aliphatic carbocycles. The number of hydrogen-bond acceptors (Lipinski definition) is 3. The van der Waals surface area contributed by atoms with Gasteiger partial charge in [0.15, 0.2) is 0 Å². The second kappa shape index (κ2) is 5.91. The number of methoxy groups -OCH3 is 1. The molecule has 1 aromatic rings. The fraction of sp³-hybridized carbons (Fsp3) is 0.571. The molecule has 0 bridgehead atoms. The number of para-hydroxylation sites is 1. The fourth-order valence-electron chi connectivity index (χ4n) is 2.61. The molecule has 3 nitrogen and oxygen atoms in total. The Labute approximate surface area is 114 Å². The molecule has 18 heavy (non-hydrogen) atoms. The first-order valence-corrected chi connectivity index (χ1v) is 6.82. The van der Waals surface area contributed by atoms with Crippen LogP contribution in [0.25, 0.3) is 0 Å². The molecule has 0 radical (unpaired) electrons. The van der Waals surface area contributed by atoms with E-state index >= 15 is 0 Å². The zero-order chi connectivity index (χ0) is 13.0. The number of benzene rings is 1. The zero-order valence-electron chi connectivity index (χ0n) is 10.8. The Morgan fingerprint density at radius 1 is 1.39 bits per heavy atom. The SMILES string of the molecule is COC1CCC(CN)(Nc2ccccc2Cl)CC1. The summed E-state index contributed by atoms with van der Waals surface area (Å²) in [5.41, 5.74) is 6.91. The number of hydrogen-bond donors (Lipinski definition) is 2. The lowest BCUT2D eigenvalue weighted by molar-refractivity contribution is 0.0550. The van der Waals surface area contributed by atoms with Gasteiger partial charge in [-0.05, 0) is 37.8 Å². The normalized spacial score (nSPS) is 28.1. The number of halogens is 1. The van der Waals surface area contributed by atoms with Crippen LogP contribution in [0.3, 0.4) is 0 Å². The summed E-state index contributed by atoms with van der Waals surface area (Å²) in [5, 5.41) is 4.29. The van der Waals surface area contributed by atoms with Crippen molar-refractivity contribution in [2.75, 3.05) is 19.0 Å². The van der Waals surface area contributed by atoms with Crippen LogP contribution in [-0.2, 0) is 4.74 Å². The molecule has 100 valence electrons. The second-order valence-corrected chi connectivity index (χ2v) is 5.43. The van der Waals surface area contributed by atoms with E-state index in [-0.39, 0.29) is 5.54 Å². The number of nitrogens with one attached hydrogen (secondary N) is 1. The van der Waals surface area contributed by atoms with Crippen LogP contribution >= 0.6 is 11.6 Å². The van der Waals surface area contributed by atoms with Gasteiger partial charge in [-0.2, -0.15) is 0 Å². The lowest BCUT2D eigenvalue weighted by Gasteiger charge is -2.40. The fourth-order valence-corrected chi connectivity index (χ4v) is 2.79. The van der Waals surface area contributed by atoms with Gasteiger partial charge in [0.05, 0.1) is 16.8 Å². The molecule has 0 aromatic heterocycles. The molecule has 1 aliphatic rings. The average molecular weight is 269 g/mol. The van der Waals surface area contributed by atoms with Crippen LogP contribution in [-0.4, -0.2) is 25.3 Å². The van der Waals surface area contributed by atoms with Crippen molar-refractivity contribution < 1.29 is 4.74 Å². The standard InChI is InChI=1S/C14H21ClN2O/c1-18-11-6-8-14(10-16,9-7-11)17-13-5-3-2-4-12(13)15/h2-5,11,17H,6-10,16H2,1H3. The van der Waals surface area contributed by atoms with E-state index < -0.39 is 0 Å². The Kier molecular flexibility index (Phi) is 4.49. The Morgan fingerprint density at radius 3 is 2.61 bits per heavy atom. The molecule has 0 aliphatic heterocycles. The van der Waals surface area contributed by atoms with Crippen molar-refractivity contribution in [3.63, 3.8) is 0 Å². The van der Waals surface area contributed by atoms with Gasteiger partial charge in [0.25, 0.3) is 0 Å². The van der Waals surface area contributed by atoms with Crippen molar-refractivity contribution in [3.05, 3.63) is 29.3 Å². The first-order valence-electron chi connectivity index (χ1n) is 6.45. The number of rotatable bonds is 4. The summed E-state index contributed by atoms with van der Waals surface area (Å²) in [6.07, 6.45) is 4.51. The maximum atomic E-state index is 6.19. The molecule has 1 fully saturated rings. The molecule has 2 rings (SSSR count). The molecule has 1 aromatic carbocycles. The van der Waals surface area contributed by atoms with E-state index in [0.29, 0.717) is 12.6 Å². The first-order chi connectivity index (χ1) is 8.69. The Balaban J connectivity index is 2.08. The summed E-state index contributed by atoms with van der Waals surface area (Å²) in [5.74, 6) is 0. The minimum atomic E-state index is -0.0416. The molecular formula is C14H21ClN2O. The highest BCUT2D eigenvalue weighted by atomic mass is 35.5. The van der Waals surface area contributed by atoms with Gasteiger partial charge in [-0.15, -0.1) is 0 Å². The lowest BCUT2D eigenvalue weighted by Crippen LogP contribution is -2.49. The summed E-state index contributed by atoms with van der Waals surface area (Å²) in [6, 6.07) is 7.82. The van der Waals surface area contributed by atoms with E-state index in [0.717, 1.165) is 36.4 Å². The molecule has 0 unspecified atom stereocenters. The molecular weight excluding hydrogens is 248 g/mol. The minimum Gasteiger partial charge on any atom is -0.381 e. The number of nitrogens with two attached hydrogens (primary N) is 1. The van der Waals surface area contributed by atoms with Crippen LogP contribution in [0.2, 0.25) is 5.02 Å². The smallest absolute Gasteiger partial charge is 0.0637 e. The van der Waals surface area contributed by atoms with Crippen LogP contribution in [0.5, 0.6) is 0 Å². The van der Waals surface area contributed by atoms with E-state index in [4.69, 9.17) is 22.1 Å². The van der Waals surface area contributed by atoms with Crippen LogP contribution in [0.15, 0.2) is 24.3 Å². The average Bonchev–Trinajstić information content (AvgIpc) is 2.42. The monoisotopic (exact) mass is 268 g/mol. The first kappa shape index (κ1) is 13.7. The van der Waals surface area contributed by atoms with Gasteiger partial charge in [-0.3, -0.25) is 0 Å². The zero-order valence-corrected chi connectivity index (χ0v) is 11.5. The summed E-state index contributed by atoms with van der Waals surface area (Å²) in [4.78, 5) is 0. The van der Waals surface area contributed by atoms with Gasteiger partial charge in [0.1, 0.15) is 0 Å². The number of ether oxygens (including phenoxy) is 1. The van der Waals surface area contributed by atoms with E-state index in [9.17, 15) is 0 Å². The van der Waals surface area contributed by atoms with Gasteiger partial charge in [0, 0.05) is 19.2 Å². The highest BCUT2D eigenvalue weighted by molar-refractivity contribution is 6.33. The third kappa shape index (κ3) is 2.97. The van der Waals surface area contributed by atoms with Crippen LogP contribution in [0.4, 0.5) is 5.69 Å². The van der Waals surface area contributed by atoms with Crippen molar-refractivity contribution in [1.82, 2.24) is 0 Å². The van der Waals surface area contributed by atoms with Crippen molar-refractivity contribution in [2.24, 2.45) is 5.73 Å². The number of anilines is 1. The highest BCUT2D eigenvalue weighted by Gasteiger charge is 2.34. The summed E-state index contributed by atoms with van der Waals surface area (Å²) >= 11 is 6.19. The van der Waals surface area contributed by atoms with Crippen LogP contribution < -0.4 is 11.1 Å². The molecule has 0 atom stereocenters. The van der Waals surface area contributed by atoms with E-state index in [1.807, 2.05) is 24.3 Å². The Bertz CT molecular complexity index is 389. The summed E-state index contributed by atoms with van der Waals surface area (Å²) in [6.45, 7) is 0.620. The van der Waals surface area contributed by atoms with Crippen LogP contribution in [0, 0.1) is 0 Å². The molecule has 3 N–H and O–H groups in total. The largest absolute Gasteiger partial charge is 0.381 e. The van der Waals surface area contributed by atoms with Gasteiger partial charge < -0.3 is 15.8 Å². The van der Waals surface area contributed by atoms with E-state index in [2.05, 4.69) is 5.32 Å². The minimum absolute atomic E-state index is 0.0416. The molecule has 0 heterocycles. The van der Waals surface area contributed by atoms with Crippen molar-refractivity contribution >= 4 is 17.3 Å². The second-order valence-electron chi connectivity index (χ2n) is 5.02. The van der Waals surface area contributed by atoms with Crippen molar-refractivity contribution in [3.8, 4) is 0 Å². The quantitative estimate of drug-likeness (QED) is 0.882. The molecule has 4 heteroatoms. The highest BCUT2D eigenvalue weighted by Crippen LogP contribution is 2.34. The predicted molar refractivity (Wildman–Crippen MR) is 76.1 cm³/mol. The van der Waals surface area contributed by atoms with Gasteiger partial charge in [-0.1, -0.05) is 23.7 Å².